The molecule has 4 rings (SSSR count). The van der Waals surface area contributed by atoms with Crippen LogP contribution in [0.4, 0.5) is 0 Å². The summed E-state index contributed by atoms with van der Waals surface area (Å²) in [6, 6.07) is 10.4. The molecule has 142 valence electrons. The van der Waals surface area contributed by atoms with Gasteiger partial charge in [-0.2, -0.15) is 0 Å². The van der Waals surface area contributed by atoms with Crippen LogP contribution in [-0.4, -0.2) is 42.5 Å². The Morgan fingerprint density at radius 1 is 1.26 bits per heavy atom. The van der Waals surface area contributed by atoms with Crippen LogP contribution >= 0.6 is 11.8 Å². The number of hydrogen-bond acceptors (Lipinski definition) is 6. The lowest BCUT2D eigenvalue weighted by atomic mass is 10.1. The third-order valence-electron chi connectivity index (χ3n) is 4.67. The van der Waals surface area contributed by atoms with Crippen molar-refractivity contribution in [3.63, 3.8) is 0 Å². The first-order chi connectivity index (χ1) is 13.3. The number of benzene rings is 1. The first-order valence-corrected chi connectivity index (χ1v) is 10.4. The first kappa shape index (κ1) is 18.2. The van der Waals surface area contributed by atoms with Crippen LogP contribution in [-0.2, 0) is 23.6 Å². The molecule has 7 nitrogen and oxygen atoms in total. The molecule has 0 N–H and O–H groups in total. The SMILES string of the molecule is CCCn1nnnc1CSc1ncc(-c2ccccc2)n1CC1CCCO1. The topological polar surface area (TPSA) is 70.7 Å². The Hall–Kier alpha value is -2.19. The third kappa shape index (κ3) is 4.22. The molecule has 1 saturated heterocycles. The monoisotopic (exact) mass is 384 g/mol. The van der Waals surface area contributed by atoms with Crippen molar-refractivity contribution in [2.75, 3.05) is 6.61 Å². The van der Waals surface area contributed by atoms with Crippen molar-refractivity contribution in [1.29, 1.82) is 0 Å². The summed E-state index contributed by atoms with van der Waals surface area (Å²) in [6.45, 7) is 4.64. The van der Waals surface area contributed by atoms with Gasteiger partial charge < -0.3 is 9.30 Å². The standard InChI is InChI=1S/C19H24N6OS/c1-2-10-25-18(21-22-23-25)14-27-19-20-12-17(15-7-4-3-5-8-15)24(19)13-16-9-6-11-26-16/h3-5,7-8,12,16H,2,6,9-11,13-14H2,1H3. The maximum Gasteiger partial charge on any atom is 0.168 e. The summed E-state index contributed by atoms with van der Waals surface area (Å²) < 4.78 is 10.0. The number of tetrazole rings is 1. The summed E-state index contributed by atoms with van der Waals surface area (Å²) in [6.07, 6.45) is 5.46. The maximum atomic E-state index is 5.88. The molecule has 3 heterocycles. The quantitative estimate of drug-likeness (QED) is 0.554. The largest absolute Gasteiger partial charge is 0.376 e. The molecule has 0 aliphatic carbocycles. The second kappa shape index (κ2) is 8.67. The zero-order valence-corrected chi connectivity index (χ0v) is 16.3. The van der Waals surface area contributed by atoms with E-state index in [4.69, 9.17) is 9.72 Å². The molecule has 1 unspecified atom stereocenters. The van der Waals surface area contributed by atoms with Crippen LogP contribution in [0.1, 0.15) is 32.0 Å². The Kier molecular flexibility index (Phi) is 5.84. The predicted octanol–water partition coefficient (Wildman–Crippen LogP) is 3.42. The van der Waals surface area contributed by atoms with E-state index in [1.165, 1.54) is 5.56 Å². The fourth-order valence-corrected chi connectivity index (χ4v) is 4.24. The zero-order valence-electron chi connectivity index (χ0n) is 15.5. The van der Waals surface area contributed by atoms with Crippen LogP contribution in [0.3, 0.4) is 0 Å². The molecule has 1 atom stereocenters. The van der Waals surface area contributed by atoms with Crippen molar-refractivity contribution < 1.29 is 4.74 Å². The Bertz CT molecular complexity index is 856. The van der Waals surface area contributed by atoms with Crippen LogP contribution in [0.25, 0.3) is 11.3 Å². The smallest absolute Gasteiger partial charge is 0.168 e. The lowest BCUT2D eigenvalue weighted by Gasteiger charge is -2.16. The van der Waals surface area contributed by atoms with E-state index in [-0.39, 0.29) is 6.10 Å². The molecular weight excluding hydrogens is 360 g/mol. The summed E-state index contributed by atoms with van der Waals surface area (Å²) in [5.41, 5.74) is 2.30. The minimum Gasteiger partial charge on any atom is -0.376 e. The van der Waals surface area contributed by atoms with E-state index in [1.807, 2.05) is 16.9 Å². The highest BCUT2D eigenvalue weighted by atomic mass is 32.2. The highest BCUT2D eigenvalue weighted by Crippen LogP contribution is 2.29. The molecular formula is C19H24N6OS. The number of thioether (sulfide) groups is 1. The van der Waals surface area contributed by atoms with E-state index in [1.54, 1.807) is 11.8 Å². The average Bonchev–Trinajstić information content (AvgIpc) is 3.44. The van der Waals surface area contributed by atoms with Crippen molar-refractivity contribution in [2.24, 2.45) is 0 Å². The van der Waals surface area contributed by atoms with E-state index in [0.717, 1.165) is 55.6 Å². The fraction of sp³-hybridized carbons (Fsp3) is 0.474. The number of rotatable bonds is 8. The fourth-order valence-electron chi connectivity index (χ4n) is 3.32. The molecule has 27 heavy (non-hydrogen) atoms. The second-order valence-corrected chi connectivity index (χ2v) is 7.59. The number of imidazole rings is 1. The van der Waals surface area contributed by atoms with Gasteiger partial charge in [-0.1, -0.05) is 49.0 Å². The van der Waals surface area contributed by atoms with Crippen LogP contribution in [0.5, 0.6) is 0 Å². The van der Waals surface area contributed by atoms with Gasteiger partial charge in [-0.25, -0.2) is 9.67 Å². The number of nitrogens with zero attached hydrogens (tertiary/aromatic N) is 6. The van der Waals surface area contributed by atoms with Gasteiger partial charge in [0.1, 0.15) is 0 Å². The van der Waals surface area contributed by atoms with Gasteiger partial charge >= 0.3 is 0 Å². The molecule has 0 saturated carbocycles. The van der Waals surface area contributed by atoms with Crippen molar-refractivity contribution in [2.45, 2.75) is 56.3 Å². The minimum atomic E-state index is 0.256. The van der Waals surface area contributed by atoms with E-state index in [9.17, 15) is 0 Å². The molecule has 2 aromatic heterocycles. The maximum absolute atomic E-state index is 5.88. The Morgan fingerprint density at radius 2 is 2.15 bits per heavy atom. The molecule has 0 amide bonds. The number of ether oxygens (including phenoxy) is 1. The van der Waals surface area contributed by atoms with E-state index < -0.39 is 0 Å². The van der Waals surface area contributed by atoms with Crippen LogP contribution in [0, 0.1) is 0 Å². The van der Waals surface area contributed by atoms with Crippen LogP contribution < -0.4 is 0 Å². The second-order valence-electron chi connectivity index (χ2n) is 6.64. The third-order valence-corrected chi connectivity index (χ3v) is 5.66. The van der Waals surface area contributed by atoms with Gasteiger partial charge in [0.25, 0.3) is 0 Å². The van der Waals surface area contributed by atoms with Gasteiger partial charge in [-0.15, -0.1) is 5.10 Å². The van der Waals surface area contributed by atoms with Crippen LogP contribution in [0.15, 0.2) is 41.7 Å². The summed E-state index contributed by atoms with van der Waals surface area (Å²) >= 11 is 1.68. The number of hydrogen-bond donors (Lipinski definition) is 0. The average molecular weight is 385 g/mol. The van der Waals surface area contributed by atoms with Gasteiger partial charge in [-0.05, 0) is 35.3 Å². The minimum absolute atomic E-state index is 0.256. The molecule has 0 spiro atoms. The lowest BCUT2D eigenvalue weighted by molar-refractivity contribution is 0.0954. The highest BCUT2D eigenvalue weighted by molar-refractivity contribution is 7.98. The van der Waals surface area contributed by atoms with Gasteiger partial charge in [-0.3, -0.25) is 0 Å². The molecule has 0 radical (unpaired) electrons. The molecule has 1 aliphatic rings. The molecule has 8 heteroatoms. The van der Waals surface area contributed by atoms with Crippen molar-refractivity contribution in [1.82, 2.24) is 29.8 Å². The lowest BCUT2D eigenvalue weighted by Crippen LogP contribution is -2.16. The number of aryl methyl sites for hydroxylation is 1. The predicted molar refractivity (Wildman–Crippen MR) is 104 cm³/mol. The zero-order chi connectivity index (χ0) is 18.5. The first-order valence-electron chi connectivity index (χ1n) is 9.45. The van der Waals surface area contributed by atoms with Crippen molar-refractivity contribution in [3.8, 4) is 11.3 Å². The van der Waals surface area contributed by atoms with Gasteiger partial charge in [0.2, 0.25) is 0 Å². The van der Waals surface area contributed by atoms with Crippen molar-refractivity contribution >= 4 is 11.8 Å². The van der Waals surface area contributed by atoms with E-state index in [2.05, 4.69) is 51.3 Å². The Morgan fingerprint density at radius 3 is 2.93 bits per heavy atom. The van der Waals surface area contributed by atoms with E-state index >= 15 is 0 Å². The van der Waals surface area contributed by atoms with Gasteiger partial charge in [0.05, 0.1) is 30.3 Å². The molecule has 1 aromatic carbocycles. The Labute approximate surface area is 163 Å². The summed E-state index contributed by atoms with van der Waals surface area (Å²) in [5, 5.41) is 13.0. The molecule has 3 aromatic rings. The molecule has 1 fully saturated rings. The molecule has 0 bridgehead atoms. The summed E-state index contributed by atoms with van der Waals surface area (Å²) in [5.74, 6) is 1.58. The van der Waals surface area contributed by atoms with Crippen molar-refractivity contribution in [3.05, 3.63) is 42.4 Å². The highest BCUT2D eigenvalue weighted by Gasteiger charge is 2.21. The normalized spacial score (nSPS) is 16.9. The van der Waals surface area contributed by atoms with Crippen LogP contribution in [0.2, 0.25) is 0 Å². The Balaban J connectivity index is 1.57. The van der Waals surface area contributed by atoms with E-state index in [0.29, 0.717) is 5.75 Å². The van der Waals surface area contributed by atoms with Gasteiger partial charge in [0.15, 0.2) is 11.0 Å². The van der Waals surface area contributed by atoms with Gasteiger partial charge in [0, 0.05) is 13.2 Å². The molecule has 1 aliphatic heterocycles. The summed E-state index contributed by atoms with van der Waals surface area (Å²) in [4.78, 5) is 4.70. The summed E-state index contributed by atoms with van der Waals surface area (Å²) in [7, 11) is 0. The number of aromatic nitrogens is 6.